The third-order valence-electron chi connectivity index (χ3n) is 5.99. The molecule has 174 valence electrons. The largest absolute Gasteiger partial charge is 0.383 e. The lowest BCUT2D eigenvalue weighted by Gasteiger charge is -2.09. The lowest BCUT2D eigenvalue weighted by atomic mass is 10.0. The molecule has 6 nitrogen and oxygen atoms in total. The predicted octanol–water partition coefficient (Wildman–Crippen LogP) is 6.51. The third kappa shape index (κ3) is 4.06. The zero-order valence-electron chi connectivity index (χ0n) is 19.5. The highest BCUT2D eigenvalue weighted by molar-refractivity contribution is 7.21. The Bertz CT molecular complexity index is 1660. The number of nitrogens with zero attached hydrogens (tertiary/aromatic N) is 5. The Balaban J connectivity index is 1.46. The standard InChI is InChI=1S/C29H22N6S/c1-35-18-33-26(27(35)24-16-23-28(30)31-17-32-29(23)36-24)21-13-8-14-22(15-21)34-25(19-9-4-2-5-10-19)20-11-6-3-7-12-20/h2-18H,1H3,(H2,30,31,32). The number of nitrogen functional groups attached to an aromatic ring is 1. The van der Waals surface area contributed by atoms with Crippen LogP contribution in [0.1, 0.15) is 11.1 Å². The van der Waals surface area contributed by atoms with Crippen molar-refractivity contribution in [3.63, 3.8) is 0 Å². The normalized spacial score (nSPS) is 11.0. The fourth-order valence-electron chi connectivity index (χ4n) is 4.26. The highest BCUT2D eigenvalue weighted by atomic mass is 32.1. The summed E-state index contributed by atoms with van der Waals surface area (Å²) in [7, 11) is 2.00. The van der Waals surface area contributed by atoms with E-state index in [1.807, 2.05) is 72.5 Å². The maximum atomic E-state index is 6.09. The summed E-state index contributed by atoms with van der Waals surface area (Å²) >= 11 is 1.58. The monoisotopic (exact) mass is 486 g/mol. The van der Waals surface area contributed by atoms with Gasteiger partial charge in [-0.2, -0.15) is 0 Å². The first-order valence-corrected chi connectivity index (χ1v) is 12.3. The molecule has 2 N–H and O–H groups in total. The number of nitrogens with two attached hydrogens (primary N) is 1. The number of hydrogen-bond acceptors (Lipinski definition) is 6. The number of rotatable bonds is 5. The Morgan fingerprint density at radius 1 is 0.833 bits per heavy atom. The van der Waals surface area contributed by atoms with Crippen LogP contribution in [0.2, 0.25) is 0 Å². The number of imidazole rings is 1. The molecule has 3 aromatic heterocycles. The molecule has 0 bridgehead atoms. The van der Waals surface area contributed by atoms with Crippen molar-refractivity contribution < 1.29 is 0 Å². The third-order valence-corrected chi connectivity index (χ3v) is 7.04. The zero-order valence-corrected chi connectivity index (χ0v) is 20.4. The fraction of sp³-hybridized carbons (Fsp3) is 0.0345. The number of hydrogen-bond donors (Lipinski definition) is 1. The van der Waals surface area contributed by atoms with Crippen molar-refractivity contribution in [2.45, 2.75) is 0 Å². The molecule has 3 aromatic carbocycles. The van der Waals surface area contributed by atoms with Gasteiger partial charge in [-0.1, -0.05) is 72.8 Å². The molecule has 6 aromatic rings. The van der Waals surface area contributed by atoms with Crippen LogP contribution in [0.3, 0.4) is 0 Å². The number of anilines is 1. The quantitative estimate of drug-likeness (QED) is 0.282. The van der Waals surface area contributed by atoms with E-state index in [0.29, 0.717) is 5.82 Å². The summed E-state index contributed by atoms with van der Waals surface area (Å²) in [6.45, 7) is 0. The molecule has 0 spiro atoms. The second-order valence-corrected chi connectivity index (χ2v) is 9.41. The van der Waals surface area contributed by atoms with Crippen molar-refractivity contribution in [1.29, 1.82) is 0 Å². The van der Waals surface area contributed by atoms with Gasteiger partial charge in [-0.3, -0.25) is 0 Å². The number of thiophene rings is 1. The lowest BCUT2D eigenvalue weighted by Crippen LogP contribution is -2.02. The lowest BCUT2D eigenvalue weighted by molar-refractivity contribution is 0.923. The topological polar surface area (TPSA) is 82.0 Å². The van der Waals surface area contributed by atoms with Crippen molar-refractivity contribution >= 4 is 38.8 Å². The van der Waals surface area contributed by atoms with Gasteiger partial charge in [0.25, 0.3) is 0 Å². The molecule has 3 heterocycles. The first kappa shape index (κ1) is 21.9. The molecule has 0 saturated carbocycles. The van der Waals surface area contributed by atoms with Crippen molar-refractivity contribution in [3.8, 4) is 21.8 Å². The fourth-order valence-corrected chi connectivity index (χ4v) is 5.36. The Labute approximate surface area is 212 Å². The molecule has 0 amide bonds. The van der Waals surface area contributed by atoms with Crippen LogP contribution in [0.4, 0.5) is 11.5 Å². The van der Waals surface area contributed by atoms with E-state index < -0.39 is 0 Å². The predicted molar refractivity (Wildman–Crippen MR) is 148 cm³/mol. The smallest absolute Gasteiger partial charge is 0.135 e. The van der Waals surface area contributed by atoms with Gasteiger partial charge in [0.2, 0.25) is 0 Å². The van der Waals surface area contributed by atoms with Gasteiger partial charge in [-0.25, -0.2) is 19.9 Å². The SMILES string of the molecule is Cn1cnc(-c2cccc(N=C(c3ccccc3)c3ccccc3)c2)c1-c1cc2c(N)ncnc2s1. The minimum atomic E-state index is 0.483. The molecule has 0 aliphatic heterocycles. The molecule has 0 saturated heterocycles. The maximum absolute atomic E-state index is 6.09. The maximum Gasteiger partial charge on any atom is 0.135 e. The Kier molecular flexibility index (Phi) is 5.59. The van der Waals surface area contributed by atoms with Crippen LogP contribution in [0.5, 0.6) is 0 Å². The summed E-state index contributed by atoms with van der Waals surface area (Å²) in [5.74, 6) is 0.483. The van der Waals surface area contributed by atoms with Gasteiger partial charge in [0.1, 0.15) is 17.0 Å². The molecule has 0 unspecified atom stereocenters. The summed E-state index contributed by atoms with van der Waals surface area (Å²) in [5.41, 5.74) is 12.9. The van der Waals surface area contributed by atoms with Gasteiger partial charge in [0, 0.05) is 23.7 Å². The van der Waals surface area contributed by atoms with E-state index in [0.717, 1.165) is 54.6 Å². The summed E-state index contributed by atoms with van der Waals surface area (Å²) in [6, 6.07) is 30.7. The molecule has 0 radical (unpaired) electrons. The van der Waals surface area contributed by atoms with Gasteiger partial charge >= 0.3 is 0 Å². The second kappa shape index (κ2) is 9.20. The molecule has 36 heavy (non-hydrogen) atoms. The van der Waals surface area contributed by atoms with Gasteiger partial charge in [0.05, 0.1) is 39.4 Å². The minimum Gasteiger partial charge on any atom is -0.383 e. The van der Waals surface area contributed by atoms with Crippen molar-refractivity contribution in [3.05, 3.63) is 115 Å². The van der Waals surface area contributed by atoms with Crippen molar-refractivity contribution in [1.82, 2.24) is 19.5 Å². The van der Waals surface area contributed by atoms with Crippen LogP contribution in [-0.4, -0.2) is 25.2 Å². The summed E-state index contributed by atoms with van der Waals surface area (Å²) in [6.07, 6.45) is 3.33. The van der Waals surface area contributed by atoms with Crippen LogP contribution in [0, 0.1) is 0 Å². The number of aryl methyl sites for hydroxylation is 1. The average Bonchev–Trinajstić information content (AvgIpc) is 3.52. The molecule has 0 aliphatic rings. The Morgan fingerprint density at radius 2 is 1.56 bits per heavy atom. The van der Waals surface area contributed by atoms with Gasteiger partial charge in [0.15, 0.2) is 0 Å². The average molecular weight is 487 g/mol. The van der Waals surface area contributed by atoms with Crippen LogP contribution in [0.25, 0.3) is 32.0 Å². The molecule has 0 aliphatic carbocycles. The summed E-state index contributed by atoms with van der Waals surface area (Å²) in [4.78, 5) is 20.3. The van der Waals surface area contributed by atoms with Gasteiger partial charge < -0.3 is 10.3 Å². The second-order valence-electron chi connectivity index (χ2n) is 8.38. The minimum absolute atomic E-state index is 0.483. The van der Waals surface area contributed by atoms with Crippen molar-refractivity contribution in [2.24, 2.45) is 12.0 Å². The van der Waals surface area contributed by atoms with Crippen LogP contribution >= 0.6 is 11.3 Å². The highest BCUT2D eigenvalue weighted by Gasteiger charge is 2.18. The van der Waals surface area contributed by atoms with Gasteiger partial charge in [-0.05, 0) is 18.2 Å². The molecule has 7 heteroatoms. The molecular formula is C29H22N6S. The van der Waals surface area contributed by atoms with Gasteiger partial charge in [-0.15, -0.1) is 11.3 Å². The Hall–Kier alpha value is -4.62. The van der Waals surface area contributed by atoms with E-state index in [9.17, 15) is 0 Å². The number of aromatic nitrogens is 4. The van der Waals surface area contributed by atoms with Crippen LogP contribution < -0.4 is 5.73 Å². The first-order valence-electron chi connectivity index (χ1n) is 11.5. The highest BCUT2D eigenvalue weighted by Crippen LogP contribution is 2.39. The van der Waals surface area contributed by atoms with E-state index in [2.05, 4.69) is 46.4 Å². The molecular weight excluding hydrogens is 464 g/mol. The molecule has 6 rings (SSSR count). The van der Waals surface area contributed by atoms with Crippen LogP contribution in [-0.2, 0) is 7.05 Å². The Morgan fingerprint density at radius 3 is 2.25 bits per heavy atom. The van der Waals surface area contributed by atoms with E-state index >= 15 is 0 Å². The van der Waals surface area contributed by atoms with E-state index in [4.69, 9.17) is 15.7 Å². The molecule has 0 fully saturated rings. The summed E-state index contributed by atoms with van der Waals surface area (Å²) < 4.78 is 2.03. The molecule has 0 atom stereocenters. The van der Waals surface area contributed by atoms with E-state index in [-0.39, 0.29) is 0 Å². The number of aliphatic imine (C=N–C) groups is 1. The van der Waals surface area contributed by atoms with E-state index in [1.54, 1.807) is 11.3 Å². The van der Waals surface area contributed by atoms with Crippen LogP contribution in [0.15, 0.2) is 109 Å². The number of benzene rings is 3. The number of fused-ring (bicyclic) bond motifs is 1. The van der Waals surface area contributed by atoms with Crippen molar-refractivity contribution in [2.75, 3.05) is 5.73 Å². The first-order chi connectivity index (χ1) is 17.7. The summed E-state index contributed by atoms with van der Waals surface area (Å²) in [5, 5.41) is 0.860. The zero-order chi connectivity index (χ0) is 24.5. The van der Waals surface area contributed by atoms with E-state index in [1.165, 1.54) is 6.33 Å².